The van der Waals surface area contributed by atoms with Crippen molar-refractivity contribution in [3.63, 3.8) is 0 Å². The van der Waals surface area contributed by atoms with E-state index in [9.17, 15) is 12.8 Å². The number of aryl methyl sites for hydroxylation is 1. The molecule has 1 aliphatic rings. The summed E-state index contributed by atoms with van der Waals surface area (Å²) in [7, 11) is -3.50. The van der Waals surface area contributed by atoms with E-state index in [2.05, 4.69) is 5.10 Å². The van der Waals surface area contributed by atoms with Gasteiger partial charge in [0.2, 0.25) is 10.0 Å². The molecule has 1 atom stereocenters. The average molecular weight is 367 g/mol. The Balaban J connectivity index is 1.54. The van der Waals surface area contributed by atoms with Gasteiger partial charge in [-0.3, -0.25) is 4.68 Å². The van der Waals surface area contributed by atoms with Gasteiger partial charge in [0.1, 0.15) is 4.90 Å². The zero-order chi connectivity index (χ0) is 17.9. The van der Waals surface area contributed by atoms with Gasteiger partial charge < -0.3 is 4.74 Å². The lowest BCUT2D eigenvalue weighted by Gasteiger charge is -2.15. The maximum absolute atomic E-state index is 13.5. The zero-order valence-electron chi connectivity index (χ0n) is 14.1. The second kappa shape index (κ2) is 7.53. The van der Waals surface area contributed by atoms with Crippen molar-refractivity contribution >= 4 is 10.0 Å². The smallest absolute Gasteiger partial charge is 0.246 e. The molecule has 0 bridgehead atoms. The Labute approximate surface area is 147 Å². The molecule has 3 rings (SSSR count). The van der Waals surface area contributed by atoms with E-state index in [1.165, 1.54) is 16.6 Å². The van der Waals surface area contributed by atoms with Gasteiger partial charge >= 0.3 is 0 Å². The molecule has 1 fully saturated rings. The predicted molar refractivity (Wildman–Crippen MR) is 91.3 cm³/mol. The first-order chi connectivity index (χ1) is 12.0. The van der Waals surface area contributed by atoms with E-state index in [0.29, 0.717) is 32.7 Å². The summed E-state index contributed by atoms with van der Waals surface area (Å²) in [6, 6.07) is 6.28. The van der Waals surface area contributed by atoms with E-state index in [1.807, 2.05) is 6.92 Å². The van der Waals surface area contributed by atoms with Crippen molar-refractivity contribution in [3.8, 4) is 5.75 Å². The highest BCUT2D eigenvalue weighted by Gasteiger charge is 2.33. The van der Waals surface area contributed by atoms with Crippen LogP contribution in [0.2, 0.25) is 0 Å². The Morgan fingerprint density at radius 3 is 2.88 bits per heavy atom. The van der Waals surface area contributed by atoms with E-state index >= 15 is 0 Å². The molecule has 1 aromatic carbocycles. The lowest BCUT2D eigenvalue weighted by Crippen LogP contribution is -2.28. The van der Waals surface area contributed by atoms with Gasteiger partial charge in [0.25, 0.3) is 0 Å². The maximum Gasteiger partial charge on any atom is 0.246 e. The number of aromatic nitrogens is 2. The van der Waals surface area contributed by atoms with Crippen LogP contribution in [0.15, 0.2) is 41.6 Å². The monoisotopic (exact) mass is 367 g/mol. The van der Waals surface area contributed by atoms with Gasteiger partial charge in [0.15, 0.2) is 11.6 Å². The molecule has 0 N–H and O–H groups in total. The largest absolute Gasteiger partial charge is 0.491 e. The number of sulfonamides is 1. The summed E-state index contributed by atoms with van der Waals surface area (Å²) in [5.41, 5.74) is 0. The van der Waals surface area contributed by atoms with Gasteiger partial charge in [-0.1, -0.05) is 12.1 Å². The lowest BCUT2D eigenvalue weighted by molar-refractivity contribution is 0.269. The van der Waals surface area contributed by atoms with Gasteiger partial charge in [-0.15, -0.1) is 0 Å². The number of benzene rings is 1. The summed E-state index contributed by atoms with van der Waals surface area (Å²) in [6.45, 7) is 3.86. The number of ether oxygens (including phenoxy) is 1. The van der Waals surface area contributed by atoms with Gasteiger partial charge in [-0.05, 0) is 37.8 Å². The first-order valence-corrected chi connectivity index (χ1v) is 9.84. The fourth-order valence-electron chi connectivity index (χ4n) is 2.95. The third-order valence-corrected chi connectivity index (χ3v) is 6.26. The molecule has 0 spiro atoms. The second-order valence-electron chi connectivity index (χ2n) is 6.12. The average Bonchev–Trinajstić information content (AvgIpc) is 3.26. The maximum atomic E-state index is 13.5. The number of hydrogen-bond acceptors (Lipinski definition) is 4. The highest BCUT2D eigenvalue weighted by atomic mass is 32.2. The molecular weight excluding hydrogens is 345 g/mol. The van der Waals surface area contributed by atoms with Crippen molar-refractivity contribution in [1.29, 1.82) is 0 Å². The minimum atomic E-state index is -3.50. The topological polar surface area (TPSA) is 64.4 Å². The van der Waals surface area contributed by atoms with Gasteiger partial charge in [0.05, 0.1) is 12.8 Å². The molecular formula is C17H22FN3O3S. The Morgan fingerprint density at radius 2 is 2.16 bits per heavy atom. The van der Waals surface area contributed by atoms with Crippen LogP contribution in [-0.4, -0.2) is 42.2 Å². The highest BCUT2D eigenvalue weighted by Crippen LogP contribution is 2.26. The minimum absolute atomic E-state index is 0.211. The number of para-hydroxylation sites is 1. The number of rotatable bonds is 7. The summed E-state index contributed by atoms with van der Waals surface area (Å²) < 4.78 is 47.4. The van der Waals surface area contributed by atoms with Crippen LogP contribution < -0.4 is 4.74 Å². The standard InChI is InChI=1S/C17H22FN3O3S/c1-2-20-13-15(11-19-20)25(22,23)21-9-7-14(12-21)8-10-24-17-6-4-3-5-16(17)18/h3-6,11,13-14H,2,7-10,12H2,1H3/t14-/m1/s1. The van der Waals surface area contributed by atoms with E-state index in [4.69, 9.17) is 4.74 Å². The normalized spacial score (nSPS) is 18.6. The second-order valence-corrected chi connectivity index (χ2v) is 8.05. The van der Waals surface area contributed by atoms with Crippen molar-refractivity contribution in [3.05, 3.63) is 42.5 Å². The van der Waals surface area contributed by atoms with Crippen LogP contribution in [-0.2, 0) is 16.6 Å². The summed E-state index contributed by atoms with van der Waals surface area (Å²) in [4.78, 5) is 0.234. The van der Waals surface area contributed by atoms with Crippen molar-refractivity contribution < 1.29 is 17.5 Å². The molecule has 2 heterocycles. The molecule has 0 unspecified atom stereocenters. The van der Waals surface area contributed by atoms with Crippen LogP contribution in [0, 0.1) is 11.7 Å². The summed E-state index contributed by atoms with van der Waals surface area (Å²) in [6.07, 6.45) is 4.42. The van der Waals surface area contributed by atoms with Gasteiger partial charge in [-0.25, -0.2) is 12.8 Å². The highest BCUT2D eigenvalue weighted by molar-refractivity contribution is 7.89. The van der Waals surface area contributed by atoms with Gasteiger partial charge in [0, 0.05) is 25.8 Å². The number of hydrogen-bond donors (Lipinski definition) is 0. The SMILES string of the molecule is CCn1cc(S(=O)(=O)N2CC[C@H](CCOc3ccccc3F)C2)cn1. The molecule has 1 aliphatic heterocycles. The molecule has 2 aromatic rings. The molecule has 6 nitrogen and oxygen atoms in total. The quantitative estimate of drug-likeness (QED) is 0.754. The lowest BCUT2D eigenvalue weighted by atomic mass is 10.1. The zero-order valence-corrected chi connectivity index (χ0v) is 15.0. The van der Waals surface area contributed by atoms with Crippen LogP contribution in [0.4, 0.5) is 4.39 Å². The number of nitrogens with zero attached hydrogens (tertiary/aromatic N) is 3. The van der Waals surface area contributed by atoms with E-state index < -0.39 is 10.0 Å². The van der Waals surface area contributed by atoms with Crippen molar-refractivity contribution in [2.24, 2.45) is 5.92 Å². The molecule has 8 heteroatoms. The molecule has 0 saturated carbocycles. The summed E-state index contributed by atoms with van der Waals surface area (Å²) in [5, 5.41) is 4.04. The fraction of sp³-hybridized carbons (Fsp3) is 0.471. The van der Waals surface area contributed by atoms with Crippen LogP contribution >= 0.6 is 0 Å². The van der Waals surface area contributed by atoms with Crippen molar-refractivity contribution in [2.75, 3.05) is 19.7 Å². The Morgan fingerprint density at radius 1 is 1.36 bits per heavy atom. The van der Waals surface area contributed by atoms with E-state index in [1.54, 1.807) is 29.1 Å². The number of halogens is 1. The van der Waals surface area contributed by atoms with Gasteiger partial charge in [-0.2, -0.15) is 9.40 Å². The predicted octanol–water partition coefficient (Wildman–Crippen LogP) is 2.52. The minimum Gasteiger partial charge on any atom is -0.491 e. The van der Waals surface area contributed by atoms with E-state index in [-0.39, 0.29) is 22.4 Å². The molecule has 0 aliphatic carbocycles. The summed E-state index contributed by atoms with van der Waals surface area (Å²) >= 11 is 0. The molecule has 0 amide bonds. The Bertz CT molecular complexity index is 822. The molecule has 0 radical (unpaired) electrons. The molecule has 1 saturated heterocycles. The van der Waals surface area contributed by atoms with Crippen LogP contribution in [0.1, 0.15) is 19.8 Å². The Hall–Kier alpha value is -1.93. The fourth-order valence-corrected chi connectivity index (χ4v) is 4.43. The van der Waals surface area contributed by atoms with E-state index in [0.717, 1.165) is 6.42 Å². The van der Waals surface area contributed by atoms with Crippen molar-refractivity contribution in [1.82, 2.24) is 14.1 Å². The van der Waals surface area contributed by atoms with Crippen LogP contribution in [0.5, 0.6) is 5.75 Å². The molecule has 25 heavy (non-hydrogen) atoms. The third-order valence-electron chi connectivity index (χ3n) is 4.44. The Kier molecular flexibility index (Phi) is 5.39. The van der Waals surface area contributed by atoms with Crippen molar-refractivity contribution in [2.45, 2.75) is 31.2 Å². The first kappa shape index (κ1) is 17.9. The summed E-state index contributed by atoms with van der Waals surface area (Å²) in [5.74, 6) is 0.0609. The van der Waals surface area contributed by atoms with Crippen LogP contribution in [0.25, 0.3) is 0 Å². The molecule has 1 aromatic heterocycles. The first-order valence-electron chi connectivity index (χ1n) is 8.40. The van der Waals surface area contributed by atoms with Crippen LogP contribution in [0.3, 0.4) is 0 Å². The third kappa shape index (κ3) is 4.01. The molecule has 136 valence electrons.